The molecule has 0 radical (unpaired) electrons. The molecular weight excluding hydrogens is 581 g/mol. The number of sulfonamides is 1. The Bertz CT molecular complexity index is 1400. The molecule has 0 heterocycles. The van der Waals surface area contributed by atoms with Crippen LogP contribution in [0.2, 0.25) is 10.0 Å². The van der Waals surface area contributed by atoms with Crippen molar-refractivity contribution in [3.8, 4) is 0 Å². The van der Waals surface area contributed by atoms with Crippen molar-refractivity contribution in [3.63, 3.8) is 0 Å². The highest BCUT2D eigenvalue weighted by atomic mass is 35.5. The lowest BCUT2D eigenvalue weighted by Crippen LogP contribution is -2.51. The van der Waals surface area contributed by atoms with Crippen LogP contribution in [-0.4, -0.2) is 50.5 Å². The third-order valence-electron chi connectivity index (χ3n) is 6.52. The molecule has 0 aliphatic heterocycles. The normalized spacial score (nSPS) is 12.1. The molecule has 0 aromatic heterocycles. The highest BCUT2D eigenvalue weighted by Crippen LogP contribution is 2.23. The fourth-order valence-electron chi connectivity index (χ4n) is 4.40. The van der Waals surface area contributed by atoms with Crippen LogP contribution in [0.3, 0.4) is 0 Å². The number of rotatable bonds is 14. The lowest BCUT2D eigenvalue weighted by Gasteiger charge is -2.32. The molecule has 3 aromatic carbocycles. The van der Waals surface area contributed by atoms with E-state index in [4.69, 9.17) is 23.2 Å². The van der Waals surface area contributed by atoms with E-state index in [0.717, 1.165) is 17.4 Å². The van der Waals surface area contributed by atoms with Crippen molar-refractivity contribution in [1.29, 1.82) is 0 Å². The zero-order valence-corrected chi connectivity index (χ0v) is 25.9. The Labute approximate surface area is 253 Å². The maximum Gasteiger partial charge on any atom is 0.243 e. The van der Waals surface area contributed by atoms with Gasteiger partial charge in [0.05, 0.1) is 11.9 Å². The molecule has 10 heteroatoms. The number of amides is 2. The smallest absolute Gasteiger partial charge is 0.243 e. The summed E-state index contributed by atoms with van der Waals surface area (Å²) in [6.07, 6.45) is 1.73. The van der Waals surface area contributed by atoms with Crippen molar-refractivity contribution in [2.75, 3.05) is 23.7 Å². The van der Waals surface area contributed by atoms with Crippen LogP contribution in [0, 0.1) is 5.92 Å². The Hall–Kier alpha value is -3.07. The Kier molecular flexibility index (Phi) is 12.1. The number of hydrogen-bond donors (Lipinski definition) is 1. The first-order valence-corrected chi connectivity index (χ1v) is 16.1. The van der Waals surface area contributed by atoms with Crippen LogP contribution < -0.4 is 9.62 Å². The zero-order valence-electron chi connectivity index (χ0n) is 23.6. The van der Waals surface area contributed by atoms with Crippen molar-refractivity contribution in [3.05, 3.63) is 100 Å². The summed E-state index contributed by atoms with van der Waals surface area (Å²) in [5, 5.41) is 3.99. The summed E-state index contributed by atoms with van der Waals surface area (Å²) in [4.78, 5) is 29.0. The number of hydrogen-bond acceptors (Lipinski definition) is 4. The van der Waals surface area contributed by atoms with Crippen LogP contribution in [0.1, 0.15) is 37.8 Å². The standard InChI is InChI=1S/C31H37Cl2N3O4S/c1-23(2)21-34-31(38)29(20-24-10-5-4-6-11-24)35(22-25-12-7-8-13-28(25)33)30(37)14-9-19-36(41(3,39)40)27-17-15-26(32)16-18-27/h4-8,10-13,15-18,23,29H,9,14,19-22H2,1-3H3,(H,34,38)/t29-/m0/s1. The van der Waals surface area contributed by atoms with E-state index in [1.165, 1.54) is 4.31 Å². The summed E-state index contributed by atoms with van der Waals surface area (Å²) in [6.45, 7) is 4.72. The summed E-state index contributed by atoms with van der Waals surface area (Å²) in [5.41, 5.74) is 2.10. The van der Waals surface area contributed by atoms with Crippen LogP contribution in [-0.2, 0) is 32.6 Å². The van der Waals surface area contributed by atoms with Crippen molar-refractivity contribution in [2.45, 2.75) is 45.7 Å². The van der Waals surface area contributed by atoms with Gasteiger partial charge in [-0.1, -0.05) is 85.6 Å². The molecule has 7 nitrogen and oxygen atoms in total. The number of carbonyl (C=O) groups is 2. The second-order valence-corrected chi connectivity index (χ2v) is 13.1. The third-order valence-corrected chi connectivity index (χ3v) is 8.34. The van der Waals surface area contributed by atoms with E-state index in [0.29, 0.717) is 28.7 Å². The van der Waals surface area contributed by atoms with Crippen molar-refractivity contribution in [1.82, 2.24) is 10.2 Å². The van der Waals surface area contributed by atoms with Gasteiger partial charge < -0.3 is 10.2 Å². The van der Waals surface area contributed by atoms with E-state index in [2.05, 4.69) is 5.32 Å². The molecule has 0 fully saturated rings. The fourth-order valence-corrected chi connectivity index (χ4v) is 5.68. The first-order chi connectivity index (χ1) is 19.5. The van der Waals surface area contributed by atoms with Crippen molar-refractivity contribution < 1.29 is 18.0 Å². The molecule has 2 amide bonds. The van der Waals surface area contributed by atoms with E-state index in [1.54, 1.807) is 35.2 Å². The SMILES string of the molecule is CC(C)CNC(=O)[C@H](Cc1ccccc1)N(Cc1ccccc1Cl)C(=O)CCCN(c1ccc(Cl)cc1)S(C)(=O)=O. The average Bonchev–Trinajstić information content (AvgIpc) is 2.93. The van der Waals surface area contributed by atoms with Gasteiger partial charge in [-0.05, 0) is 53.8 Å². The van der Waals surface area contributed by atoms with Crippen LogP contribution in [0.25, 0.3) is 0 Å². The average molecular weight is 619 g/mol. The van der Waals surface area contributed by atoms with E-state index >= 15 is 0 Å². The van der Waals surface area contributed by atoms with Gasteiger partial charge in [-0.2, -0.15) is 0 Å². The highest BCUT2D eigenvalue weighted by molar-refractivity contribution is 7.92. The van der Waals surface area contributed by atoms with Gasteiger partial charge in [0.25, 0.3) is 0 Å². The largest absolute Gasteiger partial charge is 0.354 e. The Morgan fingerprint density at radius 2 is 1.54 bits per heavy atom. The second-order valence-electron chi connectivity index (χ2n) is 10.4. The molecule has 1 N–H and O–H groups in total. The van der Waals surface area contributed by atoms with Gasteiger partial charge >= 0.3 is 0 Å². The van der Waals surface area contributed by atoms with Gasteiger partial charge in [0.1, 0.15) is 6.04 Å². The Morgan fingerprint density at radius 3 is 2.15 bits per heavy atom. The molecule has 0 aliphatic rings. The minimum Gasteiger partial charge on any atom is -0.354 e. The number of anilines is 1. The Morgan fingerprint density at radius 1 is 0.902 bits per heavy atom. The maximum absolute atomic E-state index is 13.9. The van der Waals surface area contributed by atoms with E-state index < -0.39 is 16.1 Å². The summed E-state index contributed by atoms with van der Waals surface area (Å²) >= 11 is 12.5. The van der Waals surface area contributed by atoms with Gasteiger partial charge in [-0.25, -0.2) is 8.42 Å². The lowest BCUT2D eigenvalue weighted by molar-refractivity contribution is -0.141. The van der Waals surface area contributed by atoms with Gasteiger partial charge in [0.2, 0.25) is 21.8 Å². The lowest BCUT2D eigenvalue weighted by atomic mass is 10.0. The van der Waals surface area contributed by atoms with Gasteiger partial charge in [-0.3, -0.25) is 13.9 Å². The third kappa shape index (κ3) is 10.1. The molecule has 0 saturated carbocycles. The first kappa shape index (κ1) is 32.4. The van der Waals surface area contributed by atoms with Crippen molar-refractivity contribution in [2.24, 2.45) is 5.92 Å². The molecule has 0 aliphatic carbocycles. The summed E-state index contributed by atoms with van der Waals surface area (Å²) in [6, 6.07) is 22.5. The predicted octanol–water partition coefficient (Wildman–Crippen LogP) is 5.95. The number of nitrogens with zero attached hydrogens (tertiary/aromatic N) is 2. The summed E-state index contributed by atoms with van der Waals surface area (Å²) in [7, 11) is -3.61. The topological polar surface area (TPSA) is 86.8 Å². The fraction of sp³-hybridized carbons (Fsp3) is 0.355. The zero-order chi connectivity index (χ0) is 30.0. The maximum atomic E-state index is 13.9. The molecule has 0 spiro atoms. The van der Waals surface area contributed by atoms with Crippen LogP contribution >= 0.6 is 23.2 Å². The van der Waals surface area contributed by atoms with Gasteiger partial charge in [0.15, 0.2) is 0 Å². The van der Waals surface area contributed by atoms with E-state index in [9.17, 15) is 18.0 Å². The molecule has 41 heavy (non-hydrogen) atoms. The molecule has 3 rings (SSSR count). The molecule has 0 bridgehead atoms. The monoisotopic (exact) mass is 617 g/mol. The van der Waals surface area contributed by atoms with Crippen LogP contribution in [0.15, 0.2) is 78.9 Å². The number of halogens is 2. The minimum absolute atomic E-state index is 0.0345. The molecule has 1 atom stereocenters. The molecule has 3 aromatic rings. The summed E-state index contributed by atoms with van der Waals surface area (Å²) < 4.78 is 26.4. The number of nitrogens with one attached hydrogen (secondary N) is 1. The molecule has 0 unspecified atom stereocenters. The van der Waals surface area contributed by atoms with Crippen LogP contribution in [0.4, 0.5) is 5.69 Å². The first-order valence-electron chi connectivity index (χ1n) is 13.5. The van der Waals surface area contributed by atoms with Crippen molar-refractivity contribution >= 4 is 50.7 Å². The molecule has 0 saturated heterocycles. The highest BCUT2D eigenvalue weighted by Gasteiger charge is 2.31. The van der Waals surface area contributed by atoms with Gasteiger partial charge in [0, 0.05) is 42.5 Å². The van der Waals surface area contributed by atoms with Crippen LogP contribution in [0.5, 0.6) is 0 Å². The molecular formula is C31H37Cl2N3O4S. The predicted molar refractivity (Wildman–Crippen MR) is 167 cm³/mol. The number of carbonyl (C=O) groups excluding carboxylic acids is 2. The van der Waals surface area contributed by atoms with E-state index in [1.807, 2.05) is 62.4 Å². The summed E-state index contributed by atoms with van der Waals surface area (Å²) in [5.74, 6) is -0.282. The second kappa shape index (κ2) is 15.2. The quantitative estimate of drug-likeness (QED) is 0.242. The van der Waals surface area contributed by atoms with E-state index in [-0.39, 0.29) is 43.7 Å². The van der Waals surface area contributed by atoms with Gasteiger partial charge in [-0.15, -0.1) is 0 Å². The molecule has 220 valence electrons. The minimum atomic E-state index is -3.61. The Balaban J connectivity index is 1.88. The number of benzene rings is 3.